The van der Waals surface area contributed by atoms with Crippen molar-refractivity contribution in [2.45, 2.75) is 0 Å². The molecule has 0 aromatic heterocycles. The van der Waals surface area contributed by atoms with Gasteiger partial charge < -0.3 is 14.9 Å². The van der Waals surface area contributed by atoms with Crippen LogP contribution in [0.4, 0.5) is 17.1 Å². The van der Waals surface area contributed by atoms with Crippen LogP contribution < -0.4 is 10.4 Å². The van der Waals surface area contributed by atoms with Gasteiger partial charge in [0, 0.05) is 16.9 Å². The van der Waals surface area contributed by atoms with Crippen molar-refractivity contribution in [2.24, 2.45) is 0 Å². The maximum absolute atomic E-state index is 9.73. The molecular formula is C46H34BNO2. The van der Waals surface area contributed by atoms with Crippen molar-refractivity contribution < 1.29 is 10.0 Å². The monoisotopic (exact) mass is 643 g/mol. The van der Waals surface area contributed by atoms with Gasteiger partial charge in [-0.1, -0.05) is 164 Å². The number of fused-ring (bicyclic) bond motifs is 1. The highest BCUT2D eigenvalue weighted by Gasteiger charge is 2.21. The van der Waals surface area contributed by atoms with Crippen LogP contribution >= 0.6 is 0 Å². The number of nitrogens with zero attached hydrogens (tertiary/aromatic N) is 1. The minimum Gasteiger partial charge on any atom is -0.423 e. The molecule has 8 rings (SSSR count). The van der Waals surface area contributed by atoms with Crippen molar-refractivity contribution in [1.29, 1.82) is 0 Å². The molecule has 2 N–H and O–H groups in total. The van der Waals surface area contributed by atoms with E-state index >= 15 is 0 Å². The number of rotatable bonds is 8. The standard InChI is InChI=1S/C46H34BNO2/c49-47(50)39-25-20-37(21-26-39)42-30-29-41(32-44(42)35-14-6-2-7-15-35)48(40-27-22-34(23-28-40)33-12-4-1-5-13-33)45-31-24-36-16-10-11-19-43(36)46(45)38-17-8-3-9-18-38/h1-32,49-50H. The Balaban J connectivity index is 1.37. The maximum atomic E-state index is 9.73. The molecule has 0 bridgehead atoms. The summed E-state index contributed by atoms with van der Waals surface area (Å²) >= 11 is 0. The third kappa shape index (κ3) is 6.10. The fraction of sp³-hybridized carbons (Fsp3) is 0. The van der Waals surface area contributed by atoms with E-state index in [0.717, 1.165) is 50.4 Å². The Morgan fingerprint density at radius 1 is 0.380 bits per heavy atom. The summed E-state index contributed by atoms with van der Waals surface area (Å²) in [5, 5.41) is 21.8. The molecule has 0 atom stereocenters. The Morgan fingerprint density at radius 3 is 1.56 bits per heavy atom. The Hall–Kier alpha value is -6.20. The van der Waals surface area contributed by atoms with E-state index in [9.17, 15) is 10.0 Å². The molecule has 0 fully saturated rings. The molecular weight excluding hydrogens is 609 g/mol. The van der Waals surface area contributed by atoms with E-state index in [-0.39, 0.29) is 0 Å². The molecule has 0 radical (unpaired) electrons. The summed E-state index contributed by atoms with van der Waals surface area (Å²) in [5.74, 6) is 0. The molecule has 0 saturated carbocycles. The van der Waals surface area contributed by atoms with E-state index in [4.69, 9.17) is 0 Å². The molecule has 0 heterocycles. The van der Waals surface area contributed by atoms with Crippen LogP contribution in [-0.4, -0.2) is 17.2 Å². The summed E-state index contributed by atoms with van der Waals surface area (Å²) < 4.78 is 0. The van der Waals surface area contributed by atoms with Gasteiger partial charge in [-0.05, 0) is 85.5 Å². The first-order chi connectivity index (χ1) is 24.6. The lowest BCUT2D eigenvalue weighted by Crippen LogP contribution is -2.29. The van der Waals surface area contributed by atoms with Gasteiger partial charge in [0.2, 0.25) is 0 Å². The van der Waals surface area contributed by atoms with E-state index in [0.29, 0.717) is 5.46 Å². The third-order valence-electron chi connectivity index (χ3n) is 9.31. The van der Waals surface area contributed by atoms with E-state index in [1.165, 1.54) is 21.9 Å². The first-order valence-corrected chi connectivity index (χ1v) is 16.8. The molecule has 0 saturated heterocycles. The van der Waals surface area contributed by atoms with Gasteiger partial charge in [-0.2, -0.15) is 0 Å². The van der Waals surface area contributed by atoms with E-state index in [1.807, 2.05) is 24.3 Å². The zero-order valence-corrected chi connectivity index (χ0v) is 27.4. The van der Waals surface area contributed by atoms with Crippen LogP contribution in [0.1, 0.15) is 0 Å². The van der Waals surface area contributed by atoms with Crippen LogP contribution in [0.25, 0.3) is 55.3 Å². The van der Waals surface area contributed by atoms with Crippen LogP contribution in [0, 0.1) is 0 Å². The molecule has 8 aromatic carbocycles. The van der Waals surface area contributed by atoms with Crippen LogP contribution in [0.2, 0.25) is 0 Å². The molecule has 4 heteroatoms. The fourth-order valence-corrected chi connectivity index (χ4v) is 6.83. The highest BCUT2D eigenvalue weighted by molar-refractivity contribution is 6.58. The molecule has 238 valence electrons. The van der Waals surface area contributed by atoms with Crippen LogP contribution in [0.15, 0.2) is 194 Å². The predicted octanol–water partition coefficient (Wildman–Crippen LogP) is 10.7. The summed E-state index contributed by atoms with van der Waals surface area (Å²) in [6, 6.07) is 67.5. The zero-order chi connectivity index (χ0) is 33.9. The predicted molar refractivity (Wildman–Crippen MR) is 210 cm³/mol. The van der Waals surface area contributed by atoms with Gasteiger partial charge in [-0.3, -0.25) is 0 Å². The smallest absolute Gasteiger partial charge is 0.423 e. The summed E-state index contributed by atoms with van der Waals surface area (Å²) in [6.45, 7) is 0. The van der Waals surface area contributed by atoms with Gasteiger partial charge in [-0.25, -0.2) is 0 Å². The molecule has 8 aromatic rings. The first kappa shape index (κ1) is 31.1. The zero-order valence-electron chi connectivity index (χ0n) is 27.4. The van der Waals surface area contributed by atoms with Gasteiger partial charge in [0.15, 0.2) is 0 Å². The summed E-state index contributed by atoms with van der Waals surface area (Å²) in [7, 11) is -1.51. The van der Waals surface area contributed by atoms with Gasteiger partial charge in [-0.15, -0.1) is 0 Å². The highest BCUT2D eigenvalue weighted by atomic mass is 16.4. The lowest BCUT2D eigenvalue weighted by molar-refractivity contribution is 0.426. The van der Waals surface area contributed by atoms with E-state index < -0.39 is 7.12 Å². The molecule has 0 aliphatic heterocycles. The van der Waals surface area contributed by atoms with Gasteiger partial charge in [0.25, 0.3) is 0 Å². The third-order valence-corrected chi connectivity index (χ3v) is 9.31. The number of hydrogen-bond donors (Lipinski definition) is 2. The molecule has 0 unspecified atom stereocenters. The van der Waals surface area contributed by atoms with Gasteiger partial charge >= 0.3 is 7.12 Å². The molecule has 0 amide bonds. The second-order valence-electron chi connectivity index (χ2n) is 12.4. The molecule has 3 nitrogen and oxygen atoms in total. The van der Waals surface area contributed by atoms with Crippen LogP contribution in [-0.2, 0) is 0 Å². The van der Waals surface area contributed by atoms with Crippen LogP contribution in [0.3, 0.4) is 0 Å². The van der Waals surface area contributed by atoms with Gasteiger partial charge in [0.1, 0.15) is 0 Å². The fourth-order valence-electron chi connectivity index (χ4n) is 6.83. The van der Waals surface area contributed by atoms with Crippen molar-refractivity contribution in [1.82, 2.24) is 0 Å². The highest BCUT2D eigenvalue weighted by Crippen LogP contribution is 2.46. The van der Waals surface area contributed by atoms with E-state index in [2.05, 4.69) is 163 Å². The number of anilines is 3. The topological polar surface area (TPSA) is 43.7 Å². The first-order valence-electron chi connectivity index (χ1n) is 16.8. The number of benzene rings is 8. The Kier molecular flexibility index (Phi) is 8.54. The second-order valence-corrected chi connectivity index (χ2v) is 12.4. The summed E-state index contributed by atoms with van der Waals surface area (Å²) in [6.07, 6.45) is 0. The minimum absolute atomic E-state index is 0.460. The lowest BCUT2D eigenvalue weighted by atomic mass is 9.79. The summed E-state index contributed by atoms with van der Waals surface area (Å²) in [5.41, 5.74) is 12.5. The van der Waals surface area contributed by atoms with Crippen molar-refractivity contribution in [2.75, 3.05) is 4.90 Å². The average molecular weight is 644 g/mol. The van der Waals surface area contributed by atoms with Crippen molar-refractivity contribution in [3.8, 4) is 44.5 Å². The normalized spacial score (nSPS) is 11.0. The SMILES string of the molecule is OB(O)c1ccc(-c2ccc(N(c3ccc(-c4ccccc4)cc3)c3ccc4ccccc4c3-c3ccccc3)cc2-c2ccccc2)cc1. The Bertz CT molecular complexity index is 2380. The van der Waals surface area contributed by atoms with Gasteiger partial charge in [0.05, 0.1) is 5.69 Å². The average Bonchev–Trinajstić information content (AvgIpc) is 3.19. The van der Waals surface area contributed by atoms with Crippen LogP contribution in [0.5, 0.6) is 0 Å². The number of hydrogen-bond acceptors (Lipinski definition) is 3. The minimum atomic E-state index is -1.51. The largest absolute Gasteiger partial charge is 0.488 e. The lowest BCUT2D eigenvalue weighted by Gasteiger charge is -2.30. The molecule has 50 heavy (non-hydrogen) atoms. The molecule has 0 aliphatic carbocycles. The van der Waals surface area contributed by atoms with Crippen molar-refractivity contribution >= 4 is 40.4 Å². The second kappa shape index (κ2) is 13.7. The Labute approximate surface area is 293 Å². The van der Waals surface area contributed by atoms with Crippen molar-refractivity contribution in [3.05, 3.63) is 194 Å². The Morgan fingerprint density at radius 2 is 0.900 bits per heavy atom. The van der Waals surface area contributed by atoms with E-state index in [1.54, 1.807) is 12.1 Å². The van der Waals surface area contributed by atoms with Crippen molar-refractivity contribution in [3.63, 3.8) is 0 Å². The summed E-state index contributed by atoms with van der Waals surface area (Å²) in [4.78, 5) is 2.37. The quantitative estimate of drug-likeness (QED) is 0.162. The maximum Gasteiger partial charge on any atom is 0.488 e. The molecule has 0 spiro atoms. The molecule has 0 aliphatic rings.